The highest BCUT2D eigenvalue weighted by Crippen LogP contribution is 2.07. The van der Waals surface area contributed by atoms with Gasteiger partial charge in [-0.15, -0.1) is 0 Å². The number of ether oxygens (including phenoxy) is 1. The molecule has 0 aromatic carbocycles. The van der Waals surface area contributed by atoms with Gasteiger partial charge in [0.05, 0.1) is 6.61 Å². The third-order valence-corrected chi connectivity index (χ3v) is 2.60. The maximum Gasteiger partial charge on any atom is 0.305 e. The highest BCUT2D eigenvalue weighted by molar-refractivity contribution is 5.69. The molecule has 0 radical (unpaired) electrons. The molecule has 96 valence electrons. The number of carbonyl (C=O) groups excluding carboxylic acids is 1. The van der Waals surface area contributed by atoms with Crippen molar-refractivity contribution in [1.29, 1.82) is 0 Å². The van der Waals surface area contributed by atoms with Crippen molar-refractivity contribution < 1.29 is 9.53 Å². The Kier molecular flexibility index (Phi) is 12.1. The van der Waals surface area contributed by atoms with E-state index in [2.05, 4.69) is 6.92 Å². The van der Waals surface area contributed by atoms with Gasteiger partial charge in [0, 0.05) is 6.42 Å². The van der Waals surface area contributed by atoms with Crippen LogP contribution in [0.3, 0.4) is 0 Å². The van der Waals surface area contributed by atoms with Crippen LogP contribution in [-0.2, 0) is 9.53 Å². The number of nitrogens with two attached hydrogens (primary N) is 1. The maximum atomic E-state index is 11.2. The Balaban J connectivity index is 3.09. The topological polar surface area (TPSA) is 52.3 Å². The summed E-state index contributed by atoms with van der Waals surface area (Å²) in [5, 5.41) is 0. The highest BCUT2D eigenvalue weighted by Gasteiger charge is 2.01. The second-order valence-electron chi connectivity index (χ2n) is 4.23. The van der Waals surface area contributed by atoms with Crippen LogP contribution in [0.2, 0.25) is 0 Å². The number of esters is 1. The minimum Gasteiger partial charge on any atom is -0.466 e. The van der Waals surface area contributed by atoms with Gasteiger partial charge in [0.1, 0.15) is 0 Å². The van der Waals surface area contributed by atoms with Gasteiger partial charge in [-0.1, -0.05) is 39.0 Å². The van der Waals surface area contributed by atoms with Crippen LogP contribution in [0.4, 0.5) is 0 Å². The van der Waals surface area contributed by atoms with Gasteiger partial charge >= 0.3 is 5.97 Å². The van der Waals surface area contributed by atoms with Crippen molar-refractivity contribution in [3.8, 4) is 0 Å². The van der Waals surface area contributed by atoms with Gasteiger partial charge in [0.15, 0.2) is 0 Å². The Morgan fingerprint density at radius 1 is 1.00 bits per heavy atom. The quantitative estimate of drug-likeness (QED) is 0.437. The number of rotatable bonds is 11. The molecule has 0 amide bonds. The van der Waals surface area contributed by atoms with Crippen LogP contribution in [0, 0.1) is 0 Å². The number of carbonyl (C=O) groups is 1. The number of unbranched alkanes of at least 4 members (excludes halogenated alkanes) is 6. The molecular formula is C13H27NO2. The highest BCUT2D eigenvalue weighted by atomic mass is 16.5. The average Bonchev–Trinajstić information content (AvgIpc) is 2.28. The lowest BCUT2D eigenvalue weighted by molar-refractivity contribution is -0.143. The third-order valence-electron chi connectivity index (χ3n) is 2.60. The van der Waals surface area contributed by atoms with Crippen molar-refractivity contribution in [2.45, 2.75) is 64.7 Å². The Hall–Kier alpha value is -0.570. The van der Waals surface area contributed by atoms with E-state index in [1.807, 2.05) is 0 Å². The summed E-state index contributed by atoms with van der Waals surface area (Å²) in [5.41, 5.74) is 5.41. The zero-order valence-corrected chi connectivity index (χ0v) is 10.7. The van der Waals surface area contributed by atoms with Crippen LogP contribution >= 0.6 is 0 Å². The standard InChI is InChI=1S/C13H27NO2/c1-2-3-12-16-13(15)10-8-6-4-5-7-9-11-14/h2-12,14H2,1H3. The molecule has 2 N–H and O–H groups in total. The van der Waals surface area contributed by atoms with Crippen molar-refractivity contribution in [2.24, 2.45) is 5.73 Å². The summed E-state index contributed by atoms with van der Waals surface area (Å²) in [6, 6.07) is 0. The summed E-state index contributed by atoms with van der Waals surface area (Å²) < 4.78 is 5.07. The molecule has 0 aliphatic rings. The van der Waals surface area contributed by atoms with E-state index >= 15 is 0 Å². The van der Waals surface area contributed by atoms with E-state index < -0.39 is 0 Å². The first kappa shape index (κ1) is 15.4. The molecule has 0 aromatic heterocycles. The molecule has 3 heteroatoms. The molecule has 0 saturated carbocycles. The van der Waals surface area contributed by atoms with Crippen LogP contribution < -0.4 is 5.73 Å². The Bertz CT molecular complexity index is 160. The van der Waals surface area contributed by atoms with Crippen molar-refractivity contribution in [3.05, 3.63) is 0 Å². The van der Waals surface area contributed by atoms with Crippen molar-refractivity contribution in [3.63, 3.8) is 0 Å². The van der Waals surface area contributed by atoms with E-state index in [1.165, 1.54) is 19.3 Å². The molecule has 16 heavy (non-hydrogen) atoms. The molecule has 0 bridgehead atoms. The van der Waals surface area contributed by atoms with Crippen LogP contribution in [0.25, 0.3) is 0 Å². The number of hydrogen-bond acceptors (Lipinski definition) is 3. The fourth-order valence-corrected chi connectivity index (χ4v) is 1.52. The molecule has 0 unspecified atom stereocenters. The molecule has 0 fully saturated rings. The summed E-state index contributed by atoms with van der Waals surface area (Å²) in [6.07, 6.45) is 9.53. The van der Waals surface area contributed by atoms with Gasteiger partial charge in [0.2, 0.25) is 0 Å². The van der Waals surface area contributed by atoms with Crippen LogP contribution in [0.5, 0.6) is 0 Å². The lowest BCUT2D eigenvalue weighted by Crippen LogP contribution is -2.05. The molecule has 3 nitrogen and oxygen atoms in total. The summed E-state index contributed by atoms with van der Waals surface area (Å²) in [4.78, 5) is 11.2. The predicted octanol–water partition coefficient (Wildman–Crippen LogP) is 3.02. The minimum atomic E-state index is -0.0320. The Morgan fingerprint density at radius 3 is 2.25 bits per heavy atom. The zero-order valence-electron chi connectivity index (χ0n) is 10.7. The molecule has 0 spiro atoms. The molecule has 0 aromatic rings. The first-order valence-electron chi connectivity index (χ1n) is 6.67. The minimum absolute atomic E-state index is 0.0320. The van der Waals surface area contributed by atoms with Gasteiger partial charge in [-0.3, -0.25) is 4.79 Å². The molecule has 0 heterocycles. The monoisotopic (exact) mass is 229 g/mol. The fraction of sp³-hybridized carbons (Fsp3) is 0.923. The molecule has 0 aliphatic carbocycles. The van der Waals surface area contributed by atoms with E-state index in [1.54, 1.807) is 0 Å². The van der Waals surface area contributed by atoms with Gasteiger partial charge in [-0.25, -0.2) is 0 Å². The molecule has 0 atom stereocenters. The fourth-order valence-electron chi connectivity index (χ4n) is 1.52. The Labute approximate surface area is 99.7 Å². The third kappa shape index (κ3) is 11.5. The van der Waals surface area contributed by atoms with Crippen LogP contribution in [-0.4, -0.2) is 19.1 Å². The largest absolute Gasteiger partial charge is 0.466 e. The average molecular weight is 229 g/mol. The van der Waals surface area contributed by atoms with Gasteiger partial charge in [-0.05, 0) is 25.8 Å². The lowest BCUT2D eigenvalue weighted by atomic mass is 10.1. The van der Waals surface area contributed by atoms with E-state index in [0.29, 0.717) is 13.0 Å². The SMILES string of the molecule is CCCCOC(=O)CCCCCCCCN. The summed E-state index contributed by atoms with van der Waals surface area (Å²) in [5.74, 6) is -0.0320. The van der Waals surface area contributed by atoms with Gasteiger partial charge in [-0.2, -0.15) is 0 Å². The van der Waals surface area contributed by atoms with E-state index in [-0.39, 0.29) is 5.97 Å². The van der Waals surface area contributed by atoms with Gasteiger partial charge < -0.3 is 10.5 Å². The van der Waals surface area contributed by atoms with E-state index in [4.69, 9.17) is 10.5 Å². The summed E-state index contributed by atoms with van der Waals surface area (Å²) in [6.45, 7) is 3.48. The normalized spacial score (nSPS) is 10.4. The van der Waals surface area contributed by atoms with Crippen LogP contribution in [0.1, 0.15) is 64.7 Å². The van der Waals surface area contributed by atoms with Crippen molar-refractivity contribution >= 4 is 5.97 Å². The second-order valence-corrected chi connectivity index (χ2v) is 4.23. The lowest BCUT2D eigenvalue weighted by Gasteiger charge is -2.03. The first-order valence-corrected chi connectivity index (χ1v) is 6.67. The molecule has 0 rings (SSSR count). The maximum absolute atomic E-state index is 11.2. The van der Waals surface area contributed by atoms with Gasteiger partial charge in [0.25, 0.3) is 0 Å². The Morgan fingerprint density at radius 2 is 1.62 bits per heavy atom. The van der Waals surface area contributed by atoms with Crippen molar-refractivity contribution in [1.82, 2.24) is 0 Å². The van der Waals surface area contributed by atoms with E-state index in [0.717, 1.165) is 38.6 Å². The van der Waals surface area contributed by atoms with Crippen molar-refractivity contribution in [2.75, 3.05) is 13.2 Å². The predicted molar refractivity (Wildman–Crippen MR) is 67.2 cm³/mol. The zero-order chi connectivity index (χ0) is 12.1. The molecule has 0 aliphatic heterocycles. The first-order chi connectivity index (χ1) is 7.81. The molecular weight excluding hydrogens is 202 g/mol. The summed E-state index contributed by atoms with van der Waals surface area (Å²) in [7, 11) is 0. The second kappa shape index (κ2) is 12.5. The van der Waals surface area contributed by atoms with E-state index in [9.17, 15) is 4.79 Å². The molecule has 0 saturated heterocycles. The van der Waals surface area contributed by atoms with Crippen LogP contribution in [0.15, 0.2) is 0 Å². The summed E-state index contributed by atoms with van der Waals surface area (Å²) >= 11 is 0. The smallest absolute Gasteiger partial charge is 0.305 e. The number of hydrogen-bond donors (Lipinski definition) is 1.